The predicted octanol–water partition coefficient (Wildman–Crippen LogP) is 1.55. The topological polar surface area (TPSA) is 46.2 Å². The van der Waals surface area contributed by atoms with Crippen molar-refractivity contribution in [1.29, 1.82) is 0 Å². The molecule has 0 aromatic carbocycles. The van der Waals surface area contributed by atoms with Gasteiger partial charge in [0.1, 0.15) is 5.68 Å². The Bertz CT molecular complexity index is 424. The molecule has 3 nitrogen and oxygen atoms in total. The van der Waals surface area contributed by atoms with Crippen LogP contribution in [0.3, 0.4) is 0 Å². The van der Waals surface area contributed by atoms with E-state index < -0.39 is 6.04 Å². The maximum absolute atomic E-state index is 12.0. The van der Waals surface area contributed by atoms with Gasteiger partial charge in [-0.15, -0.1) is 0 Å². The van der Waals surface area contributed by atoms with Gasteiger partial charge < -0.3 is 10.1 Å². The van der Waals surface area contributed by atoms with Crippen molar-refractivity contribution in [3.05, 3.63) is 49.0 Å². The SMILES string of the molecule is C=C/C=C\C([B]C(=O)C1NC(=O)CC1C)=C/C=C. The molecular weight excluding hydrogens is 225 g/mol. The van der Waals surface area contributed by atoms with Crippen LogP contribution in [0.15, 0.2) is 49.0 Å². The first kappa shape index (κ1) is 14.2. The number of carbonyl (C=O) groups is 2. The number of allylic oxidation sites excluding steroid dienone is 6. The first-order chi connectivity index (χ1) is 8.58. The van der Waals surface area contributed by atoms with Crippen LogP contribution in [-0.4, -0.2) is 24.9 Å². The number of hydrogen-bond donors (Lipinski definition) is 1. The van der Waals surface area contributed by atoms with Gasteiger partial charge in [-0.3, -0.25) is 4.79 Å². The van der Waals surface area contributed by atoms with Crippen LogP contribution in [0.5, 0.6) is 0 Å². The molecule has 2 unspecified atom stereocenters. The molecule has 18 heavy (non-hydrogen) atoms. The van der Waals surface area contributed by atoms with Gasteiger partial charge in [-0.1, -0.05) is 55.9 Å². The second-order valence-electron chi connectivity index (χ2n) is 4.27. The van der Waals surface area contributed by atoms with Crippen molar-refractivity contribution < 1.29 is 9.59 Å². The summed E-state index contributed by atoms with van der Waals surface area (Å²) in [5, 5.41) is 2.69. The third-order valence-electron chi connectivity index (χ3n) is 2.74. The van der Waals surface area contributed by atoms with Gasteiger partial charge in [0.25, 0.3) is 0 Å². The van der Waals surface area contributed by atoms with Gasteiger partial charge in [0.2, 0.25) is 13.2 Å². The number of carbonyl (C=O) groups excluding carboxylic acids is 2. The summed E-state index contributed by atoms with van der Waals surface area (Å²) in [5.41, 5.74) is 0.651. The molecule has 93 valence electrons. The van der Waals surface area contributed by atoms with Gasteiger partial charge in [0, 0.05) is 6.42 Å². The highest BCUT2D eigenvalue weighted by Gasteiger charge is 2.33. The minimum absolute atomic E-state index is 0.0367. The van der Waals surface area contributed by atoms with Gasteiger partial charge in [-0.25, -0.2) is 0 Å². The summed E-state index contributed by atoms with van der Waals surface area (Å²) in [6.45, 7) is 9.07. The molecule has 0 spiro atoms. The quantitative estimate of drug-likeness (QED) is 0.567. The van der Waals surface area contributed by atoms with Crippen LogP contribution >= 0.6 is 0 Å². The van der Waals surface area contributed by atoms with E-state index in [1.54, 1.807) is 30.4 Å². The molecule has 0 aromatic rings. The van der Waals surface area contributed by atoms with Crippen LogP contribution in [0.1, 0.15) is 13.3 Å². The smallest absolute Gasteiger partial charge is 0.244 e. The van der Waals surface area contributed by atoms with Crippen molar-refractivity contribution in [3.63, 3.8) is 0 Å². The molecule has 4 heteroatoms. The molecule has 0 aliphatic carbocycles. The first-order valence-corrected chi connectivity index (χ1v) is 5.88. The highest BCUT2D eigenvalue weighted by molar-refractivity contribution is 6.81. The molecular formula is C14H17BNO2. The fourth-order valence-electron chi connectivity index (χ4n) is 1.86. The molecule has 1 heterocycles. The summed E-state index contributed by atoms with van der Waals surface area (Å²) in [6.07, 6.45) is 8.91. The summed E-state index contributed by atoms with van der Waals surface area (Å²) in [4.78, 5) is 23.3. The normalized spacial score (nSPS) is 23.8. The maximum atomic E-state index is 12.0. The summed E-state index contributed by atoms with van der Waals surface area (Å²) in [5.74, 6) is -0.0280. The fraction of sp³-hybridized carbons (Fsp3) is 0.286. The van der Waals surface area contributed by atoms with Gasteiger partial charge in [0.05, 0.1) is 6.04 Å². The molecule has 1 radical (unpaired) electrons. The lowest BCUT2D eigenvalue weighted by atomic mass is 9.61. The number of rotatable bonds is 6. The van der Waals surface area contributed by atoms with E-state index >= 15 is 0 Å². The minimum atomic E-state index is -0.414. The molecule has 1 aliphatic heterocycles. The average Bonchev–Trinajstić information content (AvgIpc) is 2.65. The molecule has 0 bridgehead atoms. The molecule has 0 saturated carbocycles. The maximum Gasteiger partial charge on any atom is 0.244 e. The van der Waals surface area contributed by atoms with E-state index in [0.29, 0.717) is 6.42 Å². The summed E-state index contributed by atoms with van der Waals surface area (Å²) >= 11 is 0. The van der Waals surface area contributed by atoms with E-state index in [-0.39, 0.29) is 17.5 Å². The van der Waals surface area contributed by atoms with Crippen molar-refractivity contribution in [2.45, 2.75) is 19.4 Å². The van der Waals surface area contributed by atoms with Crippen molar-refractivity contribution in [3.8, 4) is 0 Å². The number of amides is 1. The molecule has 2 atom stereocenters. The highest BCUT2D eigenvalue weighted by Crippen LogP contribution is 2.16. The zero-order valence-electron chi connectivity index (χ0n) is 10.6. The zero-order chi connectivity index (χ0) is 13.5. The third-order valence-corrected chi connectivity index (χ3v) is 2.74. The second-order valence-corrected chi connectivity index (χ2v) is 4.27. The molecule has 1 aliphatic rings. The Morgan fingerprint density at radius 2 is 2.17 bits per heavy atom. The van der Waals surface area contributed by atoms with Crippen molar-refractivity contribution in [2.24, 2.45) is 5.92 Å². The fourth-order valence-corrected chi connectivity index (χ4v) is 1.86. The highest BCUT2D eigenvalue weighted by atomic mass is 16.2. The number of hydrogen-bond acceptors (Lipinski definition) is 2. The predicted molar refractivity (Wildman–Crippen MR) is 74.1 cm³/mol. The Morgan fingerprint density at radius 3 is 2.67 bits per heavy atom. The molecule has 1 rings (SSSR count). The van der Waals surface area contributed by atoms with E-state index in [9.17, 15) is 9.59 Å². The van der Waals surface area contributed by atoms with E-state index in [4.69, 9.17) is 0 Å². The molecule has 1 amide bonds. The minimum Gasteiger partial charge on any atom is -0.347 e. The third kappa shape index (κ3) is 3.88. The summed E-state index contributed by atoms with van der Waals surface area (Å²) < 4.78 is 0. The van der Waals surface area contributed by atoms with E-state index in [1.807, 2.05) is 6.92 Å². The molecule has 1 N–H and O–H groups in total. The van der Waals surface area contributed by atoms with Crippen molar-refractivity contribution >= 4 is 18.9 Å². The van der Waals surface area contributed by atoms with Crippen LogP contribution in [0.4, 0.5) is 0 Å². The average molecular weight is 242 g/mol. The van der Waals surface area contributed by atoms with E-state index in [2.05, 4.69) is 18.5 Å². The first-order valence-electron chi connectivity index (χ1n) is 5.88. The van der Waals surface area contributed by atoms with Crippen LogP contribution in [0.2, 0.25) is 0 Å². The van der Waals surface area contributed by atoms with Crippen LogP contribution in [-0.2, 0) is 9.59 Å². The Hall–Kier alpha value is -1.84. The van der Waals surface area contributed by atoms with Crippen molar-refractivity contribution in [2.75, 3.05) is 0 Å². The summed E-state index contributed by atoms with van der Waals surface area (Å²) in [6, 6.07) is -0.414. The van der Waals surface area contributed by atoms with E-state index in [1.165, 1.54) is 7.28 Å². The molecule has 0 aromatic heterocycles. The van der Waals surface area contributed by atoms with Gasteiger partial charge in [0.15, 0.2) is 0 Å². The van der Waals surface area contributed by atoms with Gasteiger partial charge >= 0.3 is 0 Å². The lowest BCUT2D eigenvalue weighted by molar-refractivity contribution is -0.121. The van der Waals surface area contributed by atoms with E-state index in [0.717, 1.165) is 5.47 Å². The Balaban J connectivity index is 2.70. The van der Waals surface area contributed by atoms with Gasteiger partial charge in [-0.05, 0) is 5.92 Å². The van der Waals surface area contributed by atoms with Crippen molar-refractivity contribution in [1.82, 2.24) is 5.32 Å². The second kappa shape index (κ2) is 6.79. The molecule has 1 saturated heterocycles. The van der Waals surface area contributed by atoms with Gasteiger partial charge in [-0.2, -0.15) is 0 Å². The largest absolute Gasteiger partial charge is 0.347 e. The van der Waals surface area contributed by atoms with Crippen LogP contribution in [0.25, 0.3) is 0 Å². The van der Waals surface area contributed by atoms with Crippen LogP contribution < -0.4 is 5.32 Å². The summed E-state index contributed by atoms with van der Waals surface area (Å²) in [7, 11) is 1.52. The zero-order valence-corrected chi connectivity index (χ0v) is 10.6. The Morgan fingerprint density at radius 1 is 1.44 bits per heavy atom. The lowest BCUT2D eigenvalue weighted by Crippen LogP contribution is -2.39. The lowest BCUT2D eigenvalue weighted by Gasteiger charge is -2.13. The Kier molecular flexibility index (Phi) is 5.37. The molecule has 1 fully saturated rings. The number of nitrogens with one attached hydrogen (secondary N) is 1. The Labute approximate surface area is 109 Å². The monoisotopic (exact) mass is 242 g/mol. The van der Waals surface area contributed by atoms with Crippen LogP contribution in [0, 0.1) is 5.92 Å². The standard InChI is InChI=1S/C14H17BNO2/c1-4-6-8-11(7-5-2)15-14(18)13-10(3)9-12(17)16-13/h4-8,10,13H,1-2,9H2,3H3,(H,16,17)/b8-6-,11-7+.